The summed E-state index contributed by atoms with van der Waals surface area (Å²) in [5, 5.41) is 3.62. The molecule has 0 amide bonds. The molecule has 0 heterocycles. The lowest BCUT2D eigenvalue weighted by molar-refractivity contribution is 0.449. The summed E-state index contributed by atoms with van der Waals surface area (Å²) in [5.41, 5.74) is 1.53. The Morgan fingerprint density at radius 2 is 1.88 bits per heavy atom. The smallest absolute Gasteiger partial charge is 0.00727 e. The molecule has 1 N–H and O–H groups in total. The van der Waals surface area contributed by atoms with Gasteiger partial charge in [0, 0.05) is 6.04 Å². The van der Waals surface area contributed by atoms with Crippen LogP contribution in [-0.4, -0.2) is 12.6 Å². The minimum Gasteiger partial charge on any atom is -0.314 e. The third kappa shape index (κ3) is 3.08. The van der Waals surface area contributed by atoms with Gasteiger partial charge in [0.25, 0.3) is 0 Å². The van der Waals surface area contributed by atoms with Crippen LogP contribution in [0.1, 0.15) is 50.5 Å². The number of hydrogen-bond donors (Lipinski definition) is 1. The Bertz CT molecular complexity index is 294. The standard InChI is InChI=1S/C15H23N/c1-2-16-15-11-7-6-10-14(12-15)13-8-4-3-5-9-13/h3-5,8-9,14-16H,2,6-7,10-12H2,1H3. The normalized spacial score (nSPS) is 26.3. The zero-order chi connectivity index (χ0) is 11.2. The average Bonchev–Trinajstić information content (AvgIpc) is 2.56. The van der Waals surface area contributed by atoms with Gasteiger partial charge in [-0.05, 0) is 37.3 Å². The maximum Gasteiger partial charge on any atom is 0.00727 e. The zero-order valence-corrected chi connectivity index (χ0v) is 10.3. The molecular formula is C15H23N. The molecule has 88 valence electrons. The van der Waals surface area contributed by atoms with E-state index in [1.54, 1.807) is 0 Å². The largest absolute Gasteiger partial charge is 0.314 e. The monoisotopic (exact) mass is 217 g/mol. The molecule has 0 saturated heterocycles. The van der Waals surface area contributed by atoms with Crippen LogP contribution in [0.3, 0.4) is 0 Å². The van der Waals surface area contributed by atoms with Crippen molar-refractivity contribution < 1.29 is 0 Å². The van der Waals surface area contributed by atoms with Crippen molar-refractivity contribution in [3.05, 3.63) is 35.9 Å². The third-order valence-electron chi connectivity index (χ3n) is 3.69. The van der Waals surface area contributed by atoms with Crippen LogP contribution in [0, 0.1) is 0 Å². The van der Waals surface area contributed by atoms with E-state index in [0.29, 0.717) is 0 Å². The minimum atomic E-state index is 0.734. The van der Waals surface area contributed by atoms with Gasteiger partial charge in [-0.15, -0.1) is 0 Å². The number of rotatable bonds is 3. The Morgan fingerprint density at radius 1 is 1.12 bits per heavy atom. The molecule has 0 aromatic heterocycles. The lowest BCUT2D eigenvalue weighted by Crippen LogP contribution is -2.29. The lowest BCUT2D eigenvalue weighted by Gasteiger charge is -2.21. The Morgan fingerprint density at radius 3 is 2.62 bits per heavy atom. The maximum absolute atomic E-state index is 3.62. The molecule has 0 bridgehead atoms. The van der Waals surface area contributed by atoms with Crippen LogP contribution in [0.25, 0.3) is 0 Å². The van der Waals surface area contributed by atoms with Crippen molar-refractivity contribution in [2.75, 3.05) is 6.54 Å². The molecule has 1 aliphatic rings. The van der Waals surface area contributed by atoms with Gasteiger partial charge in [-0.25, -0.2) is 0 Å². The molecule has 1 nitrogen and oxygen atoms in total. The summed E-state index contributed by atoms with van der Waals surface area (Å²) in [6.45, 7) is 3.31. The van der Waals surface area contributed by atoms with Crippen LogP contribution in [0.5, 0.6) is 0 Å². The fraction of sp³-hybridized carbons (Fsp3) is 0.600. The molecule has 2 rings (SSSR count). The van der Waals surface area contributed by atoms with E-state index in [2.05, 4.69) is 42.6 Å². The van der Waals surface area contributed by atoms with Crippen LogP contribution >= 0.6 is 0 Å². The van der Waals surface area contributed by atoms with E-state index < -0.39 is 0 Å². The second kappa shape index (κ2) is 6.05. The number of nitrogens with one attached hydrogen (secondary N) is 1. The molecule has 0 radical (unpaired) electrons. The maximum atomic E-state index is 3.62. The molecule has 1 fully saturated rings. The fourth-order valence-electron chi connectivity index (χ4n) is 2.86. The van der Waals surface area contributed by atoms with Gasteiger partial charge >= 0.3 is 0 Å². The van der Waals surface area contributed by atoms with E-state index in [9.17, 15) is 0 Å². The Hall–Kier alpha value is -0.820. The van der Waals surface area contributed by atoms with E-state index in [4.69, 9.17) is 0 Å². The second-order valence-corrected chi connectivity index (χ2v) is 4.88. The Labute approximate surface area is 99.3 Å². The van der Waals surface area contributed by atoms with Crippen molar-refractivity contribution in [1.29, 1.82) is 0 Å². The first kappa shape index (κ1) is 11.7. The van der Waals surface area contributed by atoms with Gasteiger partial charge in [-0.1, -0.05) is 50.1 Å². The van der Waals surface area contributed by atoms with Crippen LogP contribution in [0.15, 0.2) is 30.3 Å². The first-order valence-electron chi connectivity index (χ1n) is 6.68. The summed E-state index contributed by atoms with van der Waals surface area (Å²) in [4.78, 5) is 0. The first-order valence-corrected chi connectivity index (χ1v) is 6.68. The summed E-state index contributed by atoms with van der Waals surface area (Å²) < 4.78 is 0. The highest BCUT2D eigenvalue weighted by Crippen LogP contribution is 2.31. The first-order chi connectivity index (χ1) is 7.90. The zero-order valence-electron chi connectivity index (χ0n) is 10.3. The summed E-state index contributed by atoms with van der Waals surface area (Å²) in [7, 11) is 0. The summed E-state index contributed by atoms with van der Waals surface area (Å²) in [6.07, 6.45) is 6.82. The molecule has 1 heteroatoms. The molecule has 1 aliphatic carbocycles. The third-order valence-corrected chi connectivity index (χ3v) is 3.69. The number of hydrogen-bond acceptors (Lipinski definition) is 1. The summed E-state index contributed by atoms with van der Waals surface area (Å²) >= 11 is 0. The van der Waals surface area contributed by atoms with Gasteiger partial charge in [-0.3, -0.25) is 0 Å². The summed E-state index contributed by atoms with van der Waals surface area (Å²) in [5.74, 6) is 0.771. The van der Waals surface area contributed by atoms with Crippen molar-refractivity contribution in [2.24, 2.45) is 0 Å². The van der Waals surface area contributed by atoms with Crippen LogP contribution in [0.2, 0.25) is 0 Å². The van der Waals surface area contributed by atoms with Gasteiger partial charge in [0.05, 0.1) is 0 Å². The molecule has 1 aromatic carbocycles. The van der Waals surface area contributed by atoms with E-state index in [0.717, 1.165) is 18.5 Å². The second-order valence-electron chi connectivity index (χ2n) is 4.88. The summed E-state index contributed by atoms with van der Waals surface area (Å²) in [6, 6.07) is 11.8. The van der Waals surface area contributed by atoms with Crippen molar-refractivity contribution in [3.63, 3.8) is 0 Å². The average molecular weight is 217 g/mol. The Balaban J connectivity index is 2.03. The van der Waals surface area contributed by atoms with Crippen LogP contribution in [0.4, 0.5) is 0 Å². The van der Waals surface area contributed by atoms with Crippen molar-refractivity contribution in [2.45, 2.75) is 51.0 Å². The van der Waals surface area contributed by atoms with E-state index >= 15 is 0 Å². The molecular weight excluding hydrogens is 194 g/mol. The van der Waals surface area contributed by atoms with Gasteiger partial charge in [0.1, 0.15) is 0 Å². The van der Waals surface area contributed by atoms with Gasteiger partial charge in [0.15, 0.2) is 0 Å². The van der Waals surface area contributed by atoms with Crippen molar-refractivity contribution in [3.8, 4) is 0 Å². The van der Waals surface area contributed by atoms with E-state index in [1.165, 1.54) is 37.7 Å². The van der Waals surface area contributed by atoms with Crippen molar-refractivity contribution >= 4 is 0 Å². The highest BCUT2D eigenvalue weighted by molar-refractivity contribution is 5.20. The van der Waals surface area contributed by atoms with Crippen LogP contribution < -0.4 is 5.32 Å². The fourth-order valence-corrected chi connectivity index (χ4v) is 2.86. The molecule has 2 unspecified atom stereocenters. The molecule has 0 aliphatic heterocycles. The minimum absolute atomic E-state index is 0.734. The van der Waals surface area contributed by atoms with E-state index in [-0.39, 0.29) is 0 Å². The molecule has 2 atom stereocenters. The molecule has 1 saturated carbocycles. The highest BCUT2D eigenvalue weighted by atomic mass is 14.9. The van der Waals surface area contributed by atoms with Gasteiger partial charge < -0.3 is 5.32 Å². The SMILES string of the molecule is CCNC1CCCCC(c2ccccc2)C1. The lowest BCUT2D eigenvalue weighted by atomic mass is 9.90. The van der Waals surface area contributed by atoms with Gasteiger partial charge in [-0.2, -0.15) is 0 Å². The molecule has 16 heavy (non-hydrogen) atoms. The van der Waals surface area contributed by atoms with Gasteiger partial charge in [0.2, 0.25) is 0 Å². The van der Waals surface area contributed by atoms with E-state index in [1.807, 2.05) is 0 Å². The molecule has 0 spiro atoms. The highest BCUT2D eigenvalue weighted by Gasteiger charge is 2.20. The quantitative estimate of drug-likeness (QED) is 0.761. The number of benzene rings is 1. The topological polar surface area (TPSA) is 12.0 Å². The predicted octanol–water partition coefficient (Wildman–Crippen LogP) is 3.71. The predicted molar refractivity (Wildman–Crippen MR) is 69.7 cm³/mol. The Kier molecular flexibility index (Phi) is 4.41. The van der Waals surface area contributed by atoms with Crippen LogP contribution in [-0.2, 0) is 0 Å². The molecule has 1 aromatic rings. The van der Waals surface area contributed by atoms with Crippen molar-refractivity contribution in [1.82, 2.24) is 5.32 Å².